The van der Waals surface area contributed by atoms with Crippen molar-refractivity contribution in [2.24, 2.45) is 0 Å². The molecule has 2 heterocycles. The number of nitrogens with zero attached hydrogens (tertiary/aromatic N) is 3. The number of amides is 1. The summed E-state index contributed by atoms with van der Waals surface area (Å²) in [6.07, 6.45) is 0. The van der Waals surface area contributed by atoms with Crippen molar-refractivity contribution in [3.63, 3.8) is 0 Å². The number of anilines is 1. The van der Waals surface area contributed by atoms with Crippen LogP contribution in [0.1, 0.15) is 19.7 Å². The Labute approximate surface area is 117 Å². The van der Waals surface area contributed by atoms with E-state index in [9.17, 15) is 4.79 Å². The van der Waals surface area contributed by atoms with E-state index in [1.54, 1.807) is 11.9 Å². The molecule has 0 aromatic carbocycles. The van der Waals surface area contributed by atoms with E-state index in [-0.39, 0.29) is 11.9 Å². The maximum Gasteiger partial charge on any atom is 0.319 e. The van der Waals surface area contributed by atoms with Crippen molar-refractivity contribution in [1.29, 1.82) is 0 Å². The van der Waals surface area contributed by atoms with E-state index in [4.69, 9.17) is 9.15 Å². The van der Waals surface area contributed by atoms with Crippen LogP contribution in [-0.2, 0) is 16.1 Å². The van der Waals surface area contributed by atoms with Crippen molar-refractivity contribution in [2.75, 3.05) is 31.7 Å². The van der Waals surface area contributed by atoms with Crippen molar-refractivity contribution < 1.29 is 13.9 Å². The molecule has 1 fully saturated rings. The van der Waals surface area contributed by atoms with Gasteiger partial charge in [-0.05, 0) is 20.9 Å². The fourth-order valence-corrected chi connectivity index (χ4v) is 2.01. The largest absolute Gasteiger partial charge is 0.407 e. The Morgan fingerprint density at radius 2 is 2.30 bits per heavy atom. The van der Waals surface area contributed by atoms with E-state index in [1.165, 1.54) is 0 Å². The molecule has 112 valence electrons. The average Bonchev–Trinajstić information content (AvgIpc) is 2.87. The van der Waals surface area contributed by atoms with Crippen molar-refractivity contribution in [1.82, 2.24) is 20.8 Å². The van der Waals surface area contributed by atoms with Crippen LogP contribution in [0.5, 0.6) is 0 Å². The highest BCUT2D eigenvalue weighted by Crippen LogP contribution is 2.18. The average molecular weight is 283 g/mol. The number of carbonyl (C=O) groups excluding carboxylic acids is 1. The van der Waals surface area contributed by atoms with Gasteiger partial charge in [0.1, 0.15) is 6.04 Å². The number of aromatic nitrogens is 2. The maximum absolute atomic E-state index is 12.2. The van der Waals surface area contributed by atoms with Crippen molar-refractivity contribution >= 4 is 11.9 Å². The van der Waals surface area contributed by atoms with Gasteiger partial charge in [0.2, 0.25) is 11.8 Å². The second-order valence-electron chi connectivity index (χ2n) is 4.96. The fraction of sp³-hybridized carbons (Fsp3) is 0.750. The third kappa shape index (κ3) is 3.45. The lowest BCUT2D eigenvalue weighted by atomic mass is 10.2. The van der Waals surface area contributed by atoms with E-state index in [1.807, 2.05) is 13.8 Å². The Morgan fingerprint density at radius 3 is 3.00 bits per heavy atom. The van der Waals surface area contributed by atoms with Gasteiger partial charge in [-0.2, -0.15) is 0 Å². The van der Waals surface area contributed by atoms with Crippen LogP contribution in [-0.4, -0.2) is 55.0 Å². The SMILES string of the molecule is CNCc1nnc(N2CCOCC2C(=O)NC(C)C)o1. The van der Waals surface area contributed by atoms with Crippen LogP contribution in [0.3, 0.4) is 0 Å². The Hall–Kier alpha value is -1.67. The van der Waals surface area contributed by atoms with Gasteiger partial charge in [0.05, 0.1) is 19.8 Å². The smallest absolute Gasteiger partial charge is 0.319 e. The van der Waals surface area contributed by atoms with E-state index in [0.29, 0.717) is 38.2 Å². The molecule has 1 aromatic heterocycles. The second-order valence-corrected chi connectivity index (χ2v) is 4.96. The van der Waals surface area contributed by atoms with Gasteiger partial charge in [-0.1, -0.05) is 5.10 Å². The fourth-order valence-electron chi connectivity index (χ4n) is 2.01. The molecule has 0 radical (unpaired) electrons. The number of hydrogen-bond acceptors (Lipinski definition) is 7. The number of rotatable bonds is 5. The first kappa shape index (κ1) is 14.7. The lowest BCUT2D eigenvalue weighted by molar-refractivity contribution is -0.125. The van der Waals surface area contributed by atoms with Crippen LogP contribution in [0.4, 0.5) is 6.01 Å². The minimum absolute atomic E-state index is 0.0776. The zero-order valence-corrected chi connectivity index (χ0v) is 12.0. The lowest BCUT2D eigenvalue weighted by Crippen LogP contribution is -2.55. The molecule has 2 rings (SSSR count). The van der Waals surface area contributed by atoms with Crippen molar-refractivity contribution in [3.05, 3.63) is 5.89 Å². The van der Waals surface area contributed by atoms with Gasteiger partial charge >= 0.3 is 6.01 Å². The minimum Gasteiger partial charge on any atom is -0.407 e. The van der Waals surface area contributed by atoms with E-state index in [2.05, 4.69) is 20.8 Å². The predicted octanol–water partition coefficient (Wildman–Crippen LogP) is -0.481. The molecule has 0 saturated carbocycles. The first-order valence-electron chi connectivity index (χ1n) is 6.73. The molecular weight excluding hydrogens is 262 g/mol. The monoisotopic (exact) mass is 283 g/mol. The minimum atomic E-state index is -0.436. The first-order valence-corrected chi connectivity index (χ1v) is 6.73. The Kier molecular flexibility index (Phi) is 4.91. The molecule has 20 heavy (non-hydrogen) atoms. The van der Waals surface area contributed by atoms with Gasteiger partial charge < -0.3 is 24.7 Å². The number of hydrogen-bond donors (Lipinski definition) is 2. The molecule has 0 spiro atoms. The predicted molar refractivity (Wildman–Crippen MR) is 72.3 cm³/mol. The molecule has 8 nitrogen and oxygen atoms in total. The van der Waals surface area contributed by atoms with E-state index in [0.717, 1.165) is 0 Å². The van der Waals surface area contributed by atoms with Gasteiger partial charge in [0.15, 0.2) is 0 Å². The molecule has 1 saturated heterocycles. The normalized spacial score (nSPS) is 19.4. The highest BCUT2D eigenvalue weighted by atomic mass is 16.5. The zero-order chi connectivity index (χ0) is 14.5. The summed E-state index contributed by atoms with van der Waals surface area (Å²) in [5.74, 6) is 0.407. The number of carbonyl (C=O) groups is 1. The van der Waals surface area contributed by atoms with Crippen LogP contribution in [0.2, 0.25) is 0 Å². The van der Waals surface area contributed by atoms with Crippen LogP contribution in [0.25, 0.3) is 0 Å². The Bertz CT molecular complexity index is 448. The van der Waals surface area contributed by atoms with E-state index >= 15 is 0 Å². The first-order chi connectivity index (χ1) is 9.61. The van der Waals surface area contributed by atoms with E-state index < -0.39 is 6.04 Å². The lowest BCUT2D eigenvalue weighted by Gasteiger charge is -2.33. The third-order valence-electron chi connectivity index (χ3n) is 2.89. The number of morpholine rings is 1. The van der Waals surface area contributed by atoms with Crippen LogP contribution in [0.15, 0.2) is 4.42 Å². The molecule has 1 atom stereocenters. The summed E-state index contributed by atoms with van der Waals surface area (Å²) in [5, 5.41) is 13.8. The summed E-state index contributed by atoms with van der Waals surface area (Å²) in [4.78, 5) is 14.0. The molecule has 1 amide bonds. The standard InChI is InChI=1S/C12H21N5O3/c1-8(2)14-11(18)9-7-19-5-4-17(9)12-16-15-10(20-12)6-13-3/h8-9,13H,4-7H2,1-3H3,(H,14,18). The molecule has 0 bridgehead atoms. The number of nitrogens with one attached hydrogen (secondary N) is 2. The molecule has 1 aliphatic heterocycles. The summed E-state index contributed by atoms with van der Waals surface area (Å²) in [5.41, 5.74) is 0. The summed E-state index contributed by atoms with van der Waals surface area (Å²) >= 11 is 0. The highest BCUT2D eigenvalue weighted by Gasteiger charge is 2.33. The van der Waals surface area contributed by atoms with Gasteiger partial charge in [0.25, 0.3) is 0 Å². The van der Waals surface area contributed by atoms with Crippen LogP contribution < -0.4 is 15.5 Å². The third-order valence-corrected chi connectivity index (χ3v) is 2.89. The highest BCUT2D eigenvalue weighted by molar-refractivity contribution is 5.85. The molecule has 1 unspecified atom stereocenters. The molecule has 0 aliphatic carbocycles. The van der Waals surface area contributed by atoms with Gasteiger partial charge in [-0.25, -0.2) is 0 Å². The number of ether oxygens (including phenoxy) is 1. The van der Waals surface area contributed by atoms with Gasteiger partial charge in [-0.15, -0.1) is 5.10 Å². The summed E-state index contributed by atoms with van der Waals surface area (Å²) in [6, 6.07) is 0.00491. The molecule has 1 aliphatic rings. The van der Waals surface area contributed by atoms with Crippen LogP contribution in [0, 0.1) is 0 Å². The quantitative estimate of drug-likeness (QED) is 0.754. The van der Waals surface area contributed by atoms with Gasteiger partial charge in [0, 0.05) is 12.6 Å². The molecular formula is C12H21N5O3. The summed E-state index contributed by atoms with van der Waals surface area (Å²) in [6.45, 7) is 5.75. The Morgan fingerprint density at radius 1 is 1.50 bits per heavy atom. The molecule has 8 heteroatoms. The zero-order valence-electron chi connectivity index (χ0n) is 12.0. The molecule has 1 aromatic rings. The topological polar surface area (TPSA) is 92.5 Å². The van der Waals surface area contributed by atoms with Crippen molar-refractivity contribution in [2.45, 2.75) is 32.5 Å². The van der Waals surface area contributed by atoms with Gasteiger partial charge in [-0.3, -0.25) is 4.79 Å². The maximum atomic E-state index is 12.2. The molecule has 2 N–H and O–H groups in total. The van der Waals surface area contributed by atoms with Crippen LogP contribution >= 0.6 is 0 Å². The second kappa shape index (κ2) is 6.67. The Balaban J connectivity index is 2.11. The summed E-state index contributed by atoms with van der Waals surface area (Å²) in [7, 11) is 1.80. The summed E-state index contributed by atoms with van der Waals surface area (Å²) < 4.78 is 10.9. The van der Waals surface area contributed by atoms with Crippen molar-refractivity contribution in [3.8, 4) is 0 Å².